The molecule has 0 aliphatic heterocycles. The molecule has 0 bridgehead atoms. The lowest BCUT2D eigenvalue weighted by atomic mass is 10.1. The van der Waals surface area contributed by atoms with Crippen LogP contribution in [0.15, 0.2) is 34.7 Å². The van der Waals surface area contributed by atoms with Crippen LogP contribution in [0.1, 0.15) is 16.2 Å². The van der Waals surface area contributed by atoms with Crippen LogP contribution in [0.3, 0.4) is 0 Å². The van der Waals surface area contributed by atoms with Gasteiger partial charge in [0, 0.05) is 0 Å². The molecular formula is C11H6BrCl3O. The standard InChI is InChI=1S/C11H6BrCl3O/c12-11(9-3-4-10(15)16-9)6-1-2-7(13)8(14)5-6/h1-5,11H. The summed E-state index contributed by atoms with van der Waals surface area (Å²) in [5, 5.41) is 1.41. The molecule has 84 valence electrons. The molecule has 0 spiro atoms. The van der Waals surface area contributed by atoms with Crippen LogP contribution < -0.4 is 0 Å². The minimum Gasteiger partial charge on any atom is -0.448 e. The van der Waals surface area contributed by atoms with Gasteiger partial charge in [0.1, 0.15) is 5.76 Å². The van der Waals surface area contributed by atoms with Gasteiger partial charge in [-0.1, -0.05) is 45.2 Å². The maximum absolute atomic E-state index is 5.94. The summed E-state index contributed by atoms with van der Waals surface area (Å²) in [7, 11) is 0. The maximum atomic E-state index is 5.94. The lowest BCUT2D eigenvalue weighted by Crippen LogP contribution is -1.90. The third-order valence-electron chi connectivity index (χ3n) is 2.08. The second-order valence-corrected chi connectivity index (χ2v) is 5.28. The highest BCUT2D eigenvalue weighted by Gasteiger charge is 2.15. The average Bonchev–Trinajstić information content (AvgIpc) is 2.68. The van der Waals surface area contributed by atoms with Crippen molar-refractivity contribution in [3.63, 3.8) is 0 Å². The monoisotopic (exact) mass is 338 g/mol. The van der Waals surface area contributed by atoms with Gasteiger partial charge in [-0.3, -0.25) is 0 Å². The molecule has 0 radical (unpaired) electrons. The van der Waals surface area contributed by atoms with Crippen LogP contribution in [0.25, 0.3) is 0 Å². The summed E-state index contributed by atoms with van der Waals surface area (Å²) in [6.07, 6.45) is 0. The van der Waals surface area contributed by atoms with Gasteiger partial charge < -0.3 is 4.42 Å². The molecule has 1 aromatic carbocycles. The van der Waals surface area contributed by atoms with Crippen LogP contribution in [0.2, 0.25) is 15.3 Å². The highest BCUT2D eigenvalue weighted by Crippen LogP contribution is 2.35. The van der Waals surface area contributed by atoms with Gasteiger partial charge in [-0.15, -0.1) is 0 Å². The summed E-state index contributed by atoms with van der Waals surface area (Å²) in [5.41, 5.74) is 0.959. The zero-order valence-electron chi connectivity index (χ0n) is 7.88. The molecule has 1 unspecified atom stereocenters. The molecule has 1 nitrogen and oxygen atoms in total. The average molecular weight is 340 g/mol. The van der Waals surface area contributed by atoms with E-state index in [0.29, 0.717) is 15.3 Å². The minimum atomic E-state index is -0.0882. The first kappa shape index (κ1) is 12.3. The van der Waals surface area contributed by atoms with E-state index in [9.17, 15) is 0 Å². The fraction of sp³-hybridized carbons (Fsp3) is 0.0909. The van der Waals surface area contributed by atoms with E-state index in [0.717, 1.165) is 11.3 Å². The number of hydrogen-bond acceptors (Lipinski definition) is 1. The predicted molar refractivity (Wildman–Crippen MR) is 71.0 cm³/mol. The third kappa shape index (κ3) is 2.57. The highest BCUT2D eigenvalue weighted by atomic mass is 79.9. The van der Waals surface area contributed by atoms with Crippen molar-refractivity contribution in [3.05, 3.63) is 56.9 Å². The Bertz CT molecular complexity index is 510. The van der Waals surface area contributed by atoms with Crippen molar-refractivity contribution in [2.24, 2.45) is 0 Å². The molecule has 2 rings (SSSR count). The van der Waals surface area contributed by atoms with Gasteiger partial charge in [0.15, 0.2) is 5.22 Å². The molecule has 0 fully saturated rings. The number of alkyl halides is 1. The predicted octanol–water partition coefficient (Wildman–Crippen LogP) is 5.72. The van der Waals surface area contributed by atoms with Crippen molar-refractivity contribution in [2.75, 3.05) is 0 Å². The SMILES string of the molecule is Clc1ccc(C(Br)c2ccc(Cl)c(Cl)c2)o1. The Kier molecular flexibility index (Phi) is 3.85. The van der Waals surface area contributed by atoms with E-state index < -0.39 is 0 Å². The second-order valence-electron chi connectivity index (χ2n) is 3.18. The van der Waals surface area contributed by atoms with E-state index in [4.69, 9.17) is 39.2 Å². The molecule has 16 heavy (non-hydrogen) atoms. The van der Waals surface area contributed by atoms with E-state index in [1.54, 1.807) is 18.2 Å². The van der Waals surface area contributed by atoms with Crippen LogP contribution in [-0.4, -0.2) is 0 Å². The first-order chi connectivity index (χ1) is 7.58. The summed E-state index contributed by atoms with van der Waals surface area (Å²) >= 11 is 21.0. The molecule has 1 atom stereocenters. The zero-order valence-corrected chi connectivity index (χ0v) is 11.7. The molecule has 0 saturated carbocycles. The summed E-state index contributed by atoms with van der Waals surface area (Å²) in [4.78, 5) is -0.0882. The normalized spacial score (nSPS) is 12.8. The number of rotatable bonds is 2. The summed E-state index contributed by atoms with van der Waals surface area (Å²) in [6.45, 7) is 0. The quantitative estimate of drug-likeness (QED) is 0.637. The first-order valence-electron chi connectivity index (χ1n) is 4.42. The first-order valence-corrected chi connectivity index (χ1v) is 6.47. The lowest BCUT2D eigenvalue weighted by molar-refractivity contribution is 0.521. The lowest BCUT2D eigenvalue weighted by Gasteiger charge is -2.08. The molecule has 0 N–H and O–H groups in total. The minimum absolute atomic E-state index is 0.0882. The highest BCUT2D eigenvalue weighted by molar-refractivity contribution is 9.09. The number of benzene rings is 1. The Morgan fingerprint density at radius 1 is 1.00 bits per heavy atom. The van der Waals surface area contributed by atoms with E-state index in [1.165, 1.54) is 0 Å². The van der Waals surface area contributed by atoms with Gasteiger partial charge in [-0.25, -0.2) is 0 Å². The molecule has 0 aliphatic rings. The number of halogens is 4. The molecule has 0 saturated heterocycles. The molecule has 0 aliphatic carbocycles. The largest absolute Gasteiger partial charge is 0.448 e. The van der Waals surface area contributed by atoms with Gasteiger partial charge in [0.2, 0.25) is 0 Å². The van der Waals surface area contributed by atoms with Gasteiger partial charge in [0.05, 0.1) is 14.9 Å². The molecule has 1 heterocycles. The Balaban J connectivity index is 2.33. The molecular weight excluding hydrogens is 334 g/mol. The van der Waals surface area contributed by atoms with Crippen molar-refractivity contribution < 1.29 is 4.42 Å². The molecule has 5 heteroatoms. The van der Waals surface area contributed by atoms with Crippen LogP contribution >= 0.6 is 50.7 Å². The number of furan rings is 1. The summed E-state index contributed by atoms with van der Waals surface area (Å²) in [5.74, 6) is 0.725. The smallest absolute Gasteiger partial charge is 0.193 e. The van der Waals surface area contributed by atoms with Crippen molar-refractivity contribution in [1.29, 1.82) is 0 Å². The van der Waals surface area contributed by atoms with Crippen LogP contribution in [0.5, 0.6) is 0 Å². The Hall–Kier alpha value is -0.150. The molecule has 2 aromatic rings. The van der Waals surface area contributed by atoms with Gasteiger partial charge >= 0.3 is 0 Å². The summed E-state index contributed by atoms with van der Waals surface area (Å²) < 4.78 is 5.31. The van der Waals surface area contributed by atoms with Crippen LogP contribution in [0, 0.1) is 0 Å². The number of hydrogen-bond donors (Lipinski definition) is 0. The fourth-order valence-corrected chi connectivity index (χ4v) is 2.29. The topological polar surface area (TPSA) is 13.1 Å². The van der Waals surface area contributed by atoms with Crippen molar-refractivity contribution in [2.45, 2.75) is 4.83 Å². The Morgan fingerprint density at radius 3 is 2.31 bits per heavy atom. The fourth-order valence-electron chi connectivity index (χ4n) is 1.30. The van der Waals surface area contributed by atoms with Gasteiger partial charge in [0.25, 0.3) is 0 Å². The Labute approximate surface area is 116 Å². The Morgan fingerprint density at radius 2 is 1.75 bits per heavy atom. The van der Waals surface area contributed by atoms with Crippen molar-refractivity contribution in [1.82, 2.24) is 0 Å². The van der Waals surface area contributed by atoms with Gasteiger partial charge in [-0.2, -0.15) is 0 Å². The van der Waals surface area contributed by atoms with Gasteiger partial charge in [-0.05, 0) is 41.4 Å². The van der Waals surface area contributed by atoms with Crippen molar-refractivity contribution >= 4 is 50.7 Å². The van der Waals surface area contributed by atoms with Crippen LogP contribution in [-0.2, 0) is 0 Å². The molecule has 0 amide bonds. The van der Waals surface area contributed by atoms with E-state index >= 15 is 0 Å². The van der Waals surface area contributed by atoms with E-state index in [-0.39, 0.29) is 4.83 Å². The molecule has 1 aromatic heterocycles. The third-order valence-corrected chi connectivity index (χ3v) is 4.00. The van der Waals surface area contributed by atoms with E-state index in [2.05, 4.69) is 15.9 Å². The van der Waals surface area contributed by atoms with Crippen LogP contribution in [0.4, 0.5) is 0 Å². The second kappa shape index (κ2) is 5.01. The van der Waals surface area contributed by atoms with E-state index in [1.807, 2.05) is 12.1 Å². The maximum Gasteiger partial charge on any atom is 0.193 e. The summed E-state index contributed by atoms with van der Waals surface area (Å²) in [6, 6.07) is 8.93. The zero-order chi connectivity index (χ0) is 11.7. The van der Waals surface area contributed by atoms with Crippen molar-refractivity contribution in [3.8, 4) is 0 Å².